The summed E-state index contributed by atoms with van der Waals surface area (Å²) in [6, 6.07) is 11.3. The number of rotatable bonds is 14. The summed E-state index contributed by atoms with van der Waals surface area (Å²) >= 11 is 0. The molecule has 3 amide bonds. The number of aliphatic hydroxyl groups excluding tert-OH is 1. The summed E-state index contributed by atoms with van der Waals surface area (Å²) in [7, 11) is -2.77. The monoisotopic (exact) mass is 675 g/mol. The van der Waals surface area contributed by atoms with Gasteiger partial charge in [0.1, 0.15) is 6.09 Å². The molecular weight excluding hydrogens is 632 g/mol. The highest BCUT2D eigenvalue weighted by Gasteiger charge is 2.47. The predicted octanol–water partition coefficient (Wildman–Crippen LogP) is 1.13. The Bertz CT molecular complexity index is 1510. The average Bonchev–Trinajstić information content (AvgIpc) is 3.79. The largest absolute Gasteiger partial charge is 0.530 e. The summed E-state index contributed by atoms with van der Waals surface area (Å²) < 4.78 is 52.0. The Morgan fingerprint density at radius 2 is 1.85 bits per heavy atom. The van der Waals surface area contributed by atoms with Gasteiger partial charge < -0.3 is 49.5 Å². The Labute approximate surface area is 275 Å². The first-order chi connectivity index (χ1) is 22.4. The third kappa shape index (κ3) is 8.09. The maximum absolute atomic E-state index is 14.3. The van der Waals surface area contributed by atoms with Crippen LogP contribution < -0.4 is 25.2 Å². The van der Waals surface area contributed by atoms with Crippen LogP contribution in [0.5, 0.6) is 11.5 Å². The normalized spacial score (nSPS) is 21.7. The van der Waals surface area contributed by atoms with E-state index in [9.17, 15) is 28.2 Å². The molecule has 47 heavy (non-hydrogen) atoms. The number of benzene rings is 2. The zero-order valence-electron chi connectivity index (χ0n) is 26.8. The Morgan fingerprint density at radius 3 is 2.57 bits per heavy atom. The van der Waals surface area contributed by atoms with E-state index in [0.717, 1.165) is 10.5 Å². The van der Waals surface area contributed by atoms with E-state index >= 15 is 0 Å². The average molecular weight is 676 g/mol. The molecule has 0 saturated carbocycles. The zero-order chi connectivity index (χ0) is 33.8. The van der Waals surface area contributed by atoms with E-state index in [1.807, 2.05) is 44.2 Å². The van der Waals surface area contributed by atoms with Crippen LogP contribution in [0.3, 0.4) is 0 Å². The van der Waals surface area contributed by atoms with Crippen LogP contribution in [0.15, 0.2) is 53.4 Å². The molecule has 5 rings (SSSR count). The van der Waals surface area contributed by atoms with Crippen LogP contribution in [0, 0.1) is 11.3 Å². The Morgan fingerprint density at radius 1 is 1.11 bits per heavy atom. The molecule has 2 fully saturated rings. The topological polar surface area (TPSA) is 179 Å². The summed E-state index contributed by atoms with van der Waals surface area (Å²) in [5, 5.41) is 30.1. The van der Waals surface area contributed by atoms with Crippen molar-refractivity contribution in [3.05, 3.63) is 54.1 Å². The number of amides is 3. The molecule has 0 aliphatic carbocycles. The van der Waals surface area contributed by atoms with E-state index in [1.54, 1.807) is 0 Å². The van der Waals surface area contributed by atoms with Crippen LogP contribution >= 0.6 is 0 Å². The maximum atomic E-state index is 14.3. The van der Waals surface area contributed by atoms with Crippen LogP contribution in [0.2, 0.25) is 0 Å². The molecule has 2 saturated heterocycles. The number of ether oxygens (including phenoxy) is 4. The summed E-state index contributed by atoms with van der Waals surface area (Å²) in [4.78, 5) is 25.7. The minimum Gasteiger partial charge on any atom is -0.530 e. The van der Waals surface area contributed by atoms with Gasteiger partial charge in [-0.1, -0.05) is 44.2 Å². The number of sulfonamides is 1. The van der Waals surface area contributed by atoms with Gasteiger partial charge in [-0.2, -0.15) is 4.31 Å². The van der Waals surface area contributed by atoms with Crippen molar-refractivity contribution in [1.29, 1.82) is 0 Å². The van der Waals surface area contributed by atoms with Gasteiger partial charge in [-0.25, -0.2) is 13.2 Å². The molecule has 258 valence electrons. The molecule has 5 atom stereocenters. The predicted molar refractivity (Wildman–Crippen MR) is 167 cm³/mol. The van der Waals surface area contributed by atoms with Crippen LogP contribution in [-0.2, 0) is 25.9 Å². The number of carboxylic acid groups (broad SMARTS) is 1. The molecule has 2 aromatic rings. The van der Waals surface area contributed by atoms with Gasteiger partial charge in [0.15, 0.2) is 17.8 Å². The number of hydrogen-bond acceptors (Lipinski definition) is 10. The number of aliphatic hydroxyl groups is 1. The van der Waals surface area contributed by atoms with Crippen molar-refractivity contribution in [2.75, 3.05) is 46.7 Å². The van der Waals surface area contributed by atoms with Gasteiger partial charge >= 0.3 is 6.03 Å². The second-order valence-electron chi connectivity index (χ2n) is 12.8. The van der Waals surface area contributed by atoms with Crippen molar-refractivity contribution < 1.29 is 47.2 Å². The van der Waals surface area contributed by atoms with Crippen LogP contribution in [0.1, 0.15) is 32.3 Å². The molecule has 3 N–H and O–H groups in total. The highest BCUT2D eigenvalue weighted by Crippen LogP contribution is 2.38. The fourth-order valence-electron chi connectivity index (χ4n) is 6.44. The molecule has 3 aliphatic rings. The van der Waals surface area contributed by atoms with Crippen LogP contribution in [0.4, 0.5) is 9.59 Å². The SMILES string of the molecule is CNC(=O)NCCC(C)(C)CN(C[C@@H](O)[C@H](Cc1ccccc1)N(C(=O)[O-])[C@H]1CO[C@H]2OCC[C@H]21)S(=O)(=O)c1ccc2c(c1)OCO2. The number of nitrogens with zero attached hydrogens (tertiary/aromatic N) is 2. The maximum Gasteiger partial charge on any atom is 0.314 e. The lowest BCUT2D eigenvalue weighted by molar-refractivity contribution is -0.273. The van der Waals surface area contributed by atoms with E-state index in [0.29, 0.717) is 25.2 Å². The number of carbonyl (C=O) groups is 2. The Hall–Kier alpha value is -3.63. The Balaban J connectivity index is 1.47. The summed E-state index contributed by atoms with van der Waals surface area (Å²) in [6.07, 6.45) is -2.43. The minimum absolute atomic E-state index is 0.0371. The number of hydrogen-bond donors (Lipinski definition) is 3. The smallest absolute Gasteiger partial charge is 0.314 e. The number of nitrogens with one attached hydrogen (secondary N) is 2. The van der Waals surface area contributed by atoms with Gasteiger partial charge in [0.2, 0.25) is 16.8 Å². The molecule has 0 bridgehead atoms. The van der Waals surface area contributed by atoms with Crippen molar-refractivity contribution in [2.24, 2.45) is 11.3 Å². The molecule has 3 aliphatic heterocycles. The fraction of sp³-hybridized carbons (Fsp3) is 0.562. The third-order valence-electron chi connectivity index (χ3n) is 8.96. The fourth-order valence-corrected chi connectivity index (χ4v) is 8.11. The second kappa shape index (κ2) is 14.6. The summed E-state index contributed by atoms with van der Waals surface area (Å²) in [5.74, 6) is 0.440. The van der Waals surface area contributed by atoms with Crippen molar-refractivity contribution in [1.82, 2.24) is 19.8 Å². The molecule has 0 aromatic heterocycles. The molecule has 14 nitrogen and oxygen atoms in total. The van der Waals surface area contributed by atoms with Crippen molar-refractivity contribution in [3.63, 3.8) is 0 Å². The molecule has 3 heterocycles. The van der Waals surface area contributed by atoms with Crippen molar-refractivity contribution in [3.8, 4) is 11.5 Å². The van der Waals surface area contributed by atoms with Gasteiger partial charge in [-0.15, -0.1) is 0 Å². The minimum atomic E-state index is -4.27. The van der Waals surface area contributed by atoms with Gasteiger partial charge in [0.05, 0.1) is 36.3 Å². The highest BCUT2D eigenvalue weighted by atomic mass is 32.2. The first kappa shape index (κ1) is 34.7. The van der Waals surface area contributed by atoms with Crippen molar-refractivity contribution in [2.45, 2.75) is 62.5 Å². The first-order valence-electron chi connectivity index (χ1n) is 15.7. The number of urea groups is 1. The van der Waals surface area contributed by atoms with E-state index in [4.69, 9.17) is 18.9 Å². The van der Waals surface area contributed by atoms with Gasteiger partial charge in [0.25, 0.3) is 0 Å². The zero-order valence-corrected chi connectivity index (χ0v) is 27.6. The summed E-state index contributed by atoms with van der Waals surface area (Å²) in [5.41, 5.74) is 0.0765. The lowest BCUT2D eigenvalue weighted by Crippen LogP contribution is -2.61. The Kier molecular flexibility index (Phi) is 10.8. The van der Waals surface area contributed by atoms with E-state index in [-0.39, 0.29) is 55.5 Å². The van der Waals surface area contributed by atoms with E-state index in [1.165, 1.54) is 29.6 Å². The number of carbonyl (C=O) groups excluding carboxylic acids is 2. The molecule has 15 heteroatoms. The van der Waals surface area contributed by atoms with Gasteiger partial charge in [-0.3, -0.25) is 0 Å². The van der Waals surface area contributed by atoms with Gasteiger partial charge in [-0.05, 0) is 42.4 Å². The molecule has 0 spiro atoms. The van der Waals surface area contributed by atoms with E-state index in [2.05, 4.69) is 10.6 Å². The third-order valence-corrected chi connectivity index (χ3v) is 10.8. The molecule has 0 unspecified atom stereocenters. The van der Waals surface area contributed by atoms with E-state index < -0.39 is 52.6 Å². The lowest BCUT2D eigenvalue weighted by Gasteiger charge is -2.43. The lowest BCUT2D eigenvalue weighted by atomic mass is 9.89. The summed E-state index contributed by atoms with van der Waals surface area (Å²) in [6.45, 7) is 3.96. The first-order valence-corrected chi connectivity index (χ1v) is 17.1. The quantitative estimate of drug-likeness (QED) is 0.263. The highest BCUT2D eigenvalue weighted by molar-refractivity contribution is 7.89. The second-order valence-corrected chi connectivity index (χ2v) is 14.8. The number of fused-ring (bicyclic) bond motifs is 2. The molecule has 2 aromatic carbocycles. The molecule has 0 radical (unpaired) electrons. The van der Waals surface area contributed by atoms with Gasteiger partial charge in [0, 0.05) is 38.7 Å². The van der Waals surface area contributed by atoms with Crippen molar-refractivity contribution >= 4 is 22.1 Å². The van der Waals surface area contributed by atoms with Crippen LogP contribution in [-0.4, -0.2) is 106 Å². The molecular formula is C32H43N4O10S-. The van der Waals surface area contributed by atoms with Crippen LogP contribution in [0.25, 0.3) is 0 Å². The standard InChI is InChI=1S/C32H44N4O10S/c1-32(2,12-13-34-30(38)33-3)19-35(47(41,42)22-9-10-27-28(16-22)46-20-45-27)17-26(37)24(15-21-7-5-4-6-8-21)36(31(39)40)25-18-44-29-23(25)11-14-43-29/h4-10,16,23-26,29,37H,11-15,17-20H2,1-3H3,(H,39,40)(H2,33,34,38)/p-1/t23-,24-,25-,26+,29+/m0/s1.